The van der Waals surface area contributed by atoms with Crippen LogP contribution in [-0.2, 0) is 19.6 Å². The molecule has 9 heteroatoms. The lowest BCUT2D eigenvalue weighted by atomic mass is 9.94. The summed E-state index contributed by atoms with van der Waals surface area (Å²) in [5.74, 6) is -1.38. The second-order valence-electron chi connectivity index (χ2n) is 6.25. The van der Waals surface area contributed by atoms with Crippen LogP contribution in [0.1, 0.15) is 38.5 Å². The predicted molar refractivity (Wildman–Crippen MR) is 84.1 cm³/mol. The summed E-state index contributed by atoms with van der Waals surface area (Å²) in [5, 5.41) is -0.313. The lowest BCUT2D eigenvalue weighted by Crippen LogP contribution is -2.40. The summed E-state index contributed by atoms with van der Waals surface area (Å²) in [6.45, 7) is 0.283. The van der Waals surface area contributed by atoms with Gasteiger partial charge < -0.3 is 4.90 Å². The Bertz CT molecular complexity index is 716. The van der Waals surface area contributed by atoms with Crippen LogP contribution in [-0.4, -0.2) is 47.7 Å². The highest BCUT2D eigenvalue weighted by Gasteiger charge is 2.39. The van der Waals surface area contributed by atoms with Crippen LogP contribution in [0, 0.1) is 5.92 Å². The van der Waals surface area contributed by atoms with Gasteiger partial charge in [0.2, 0.25) is 11.8 Å². The lowest BCUT2D eigenvalue weighted by Gasteiger charge is -2.31. The molecule has 2 fully saturated rings. The number of likely N-dealkylation sites (tertiary alicyclic amines) is 1. The van der Waals surface area contributed by atoms with Gasteiger partial charge >= 0.3 is 0 Å². The van der Waals surface area contributed by atoms with E-state index in [-0.39, 0.29) is 29.9 Å². The largest absolute Gasteiger partial charge is 0.339 e. The first-order valence-electron chi connectivity index (χ1n) is 8.09. The number of nitrogens with one attached hydrogen (secondary N) is 1. The third kappa shape index (κ3) is 3.55. The molecule has 1 aliphatic carbocycles. The SMILES string of the molecule is O=C(NS(=O)(=O)c1cnccn1)C1CC(=O)N(C2CCCCC2)C1. The van der Waals surface area contributed by atoms with E-state index in [1.165, 1.54) is 18.8 Å². The van der Waals surface area contributed by atoms with E-state index in [4.69, 9.17) is 0 Å². The van der Waals surface area contributed by atoms with Crippen LogP contribution in [0.5, 0.6) is 0 Å². The van der Waals surface area contributed by atoms with Crippen molar-refractivity contribution in [1.29, 1.82) is 0 Å². The van der Waals surface area contributed by atoms with Gasteiger partial charge in [0.05, 0.1) is 12.1 Å². The number of hydrogen-bond acceptors (Lipinski definition) is 6. The molecule has 0 aromatic carbocycles. The number of sulfonamides is 1. The normalized spacial score (nSPS) is 22.6. The molecule has 1 aromatic rings. The highest BCUT2D eigenvalue weighted by Crippen LogP contribution is 2.28. The number of carbonyl (C=O) groups excluding carboxylic acids is 2. The molecule has 8 nitrogen and oxygen atoms in total. The van der Waals surface area contributed by atoms with Crippen molar-refractivity contribution in [2.75, 3.05) is 6.54 Å². The summed E-state index contributed by atoms with van der Waals surface area (Å²) < 4.78 is 26.3. The van der Waals surface area contributed by atoms with Crippen LogP contribution in [0.2, 0.25) is 0 Å². The zero-order chi connectivity index (χ0) is 17.2. The molecule has 1 atom stereocenters. The fourth-order valence-electron chi connectivity index (χ4n) is 3.35. The number of nitrogens with zero attached hydrogens (tertiary/aromatic N) is 3. The smallest absolute Gasteiger partial charge is 0.283 e. The molecule has 0 spiro atoms. The minimum Gasteiger partial charge on any atom is -0.339 e. The van der Waals surface area contributed by atoms with Gasteiger partial charge in [-0.3, -0.25) is 14.6 Å². The van der Waals surface area contributed by atoms with Crippen molar-refractivity contribution in [3.05, 3.63) is 18.6 Å². The molecule has 1 saturated carbocycles. The molecule has 2 heterocycles. The monoisotopic (exact) mass is 352 g/mol. The topological polar surface area (TPSA) is 109 Å². The van der Waals surface area contributed by atoms with Gasteiger partial charge in [-0.25, -0.2) is 9.71 Å². The first kappa shape index (κ1) is 16.8. The van der Waals surface area contributed by atoms with E-state index in [0.29, 0.717) is 0 Å². The van der Waals surface area contributed by atoms with Crippen molar-refractivity contribution in [3.63, 3.8) is 0 Å². The summed E-state index contributed by atoms with van der Waals surface area (Å²) in [6, 6.07) is 0.181. The minimum absolute atomic E-state index is 0.0539. The average Bonchev–Trinajstić information content (AvgIpc) is 2.98. The maximum absolute atomic E-state index is 12.3. The minimum atomic E-state index is -4.06. The van der Waals surface area contributed by atoms with E-state index in [9.17, 15) is 18.0 Å². The van der Waals surface area contributed by atoms with Crippen LogP contribution in [0.15, 0.2) is 23.6 Å². The summed E-state index contributed by atoms with van der Waals surface area (Å²) in [6.07, 6.45) is 8.98. The van der Waals surface area contributed by atoms with Gasteiger partial charge in [0.25, 0.3) is 10.0 Å². The molecular weight excluding hydrogens is 332 g/mol. The molecule has 24 heavy (non-hydrogen) atoms. The molecule has 130 valence electrons. The van der Waals surface area contributed by atoms with E-state index >= 15 is 0 Å². The second kappa shape index (κ2) is 6.84. The quantitative estimate of drug-likeness (QED) is 0.843. The highest BCUT2D eigenvalue weighted by atomic mass is 32.2. The third-order valence-corrected chi connectivity index (χ3v) is 5.83. The fraction of sp³-hybridized carbons (Fsp3) is 0.600. The van der Waals surface area contributed by atoms with Crippen molar-refractivity contribution >= 4 is 21.8 Å². The van der Waals surface area contributed by atoms with Crippen molar-refractivity contribution in [1.82, 2.24) is 19.6 Å². The van der Waals surface area contributed by atoms with Gasteiger partial charge in [0.15, 0.2) is 5.03 Å². The molecule has 2 amide bonds. The van der Waals surface area contributed by atoms with Gasteiger partial charge in [-0.15, -0.1) is 0 Å². The molecule has 1 unspecified atom stereocenters. The zero-order valence-electron chi connectivity index (χ0n) is 13.2. The van der Waals surface area contributed by atoms with E-state index in [1.807, 2.05) is 4.72 Å². The Morgan fingerprint density at radius 1 is 1.21 bits per heavy atom. The molecule has 1 N–H and O–H groups in total. The van der Waals surface area contributed by atoms with E-state index in [2.05, 4.69) is 9.97 Å². The summed E-state index contributed by atoms with van der Waals surface area (Å²) in [4.78, 5) is 33.6. The number of rotatable bonds is 4. The Hall–Kier alpha value is -2.03. The van der Waals surface area contributed by atoms with Gasteiger partial charge in [-0.1, -0.05) is 19.3 Å². The van der Waals surface area contributed by atoms with E-state index in [1.54, 1.807) is 4.90 Å². The van der Waals surface area contributed by atoms with Gasteiger partial charge in [-0.2, -0.15) is 8.42 Å². The lowest BCUT2D eigenvalue weighted by molar-refractivity contribution is -0.130. The number of hydrogen-bond donors (Lipinski definition) is 1. The molecule has 2 aliphatic rings. The third-order valence-electron chi connectivity index (χ3n) is 4.59. The number of amides is 2. The van der Waals surface area contributed by atoms with Gasteiger partial charge in [0, 0.05) is 31.4 Å². The average molecular weight is 352 g/mol. The Kier molecular flexibility index (Phi) is 4.79. The van der Waals surface area contributed by atoms with Crippen molar-refractivity contribution in [2.45, 2.75) is 49.6 Å². The van der Waals surface area contributed by atoms with E-state index in [0.717, 1.165) is 31.9 Å². The molecule has 1 saturated heterocycles. The Labute approximate surface area is 140 Å². The molecule has 1 aromatic heterocycles. The second-order valence-corrected chi connectivity index (χ2v) is 7.88. The van der Waals surface area contributed by atoms with Crippen LogP contribution in [0.3, 0.4) is 0 Å². The van der Waals surface area contributed by atoms with Crippen molar-refractivity contribution in [3.8, 4) is 0 Å². The summed E-state index contributed by atoms with van der Waals surface area (Å²) in [5.41, 5.74) is 0. The Balaban J connectivity index is 1.65. The fourth-order valence-corrected chi connectivity index (χ4v) is 4.28. The summed E-state index contributed by atoms with van der Waals surface area (Å²) >= 11 is 0. The summed E-state index contributed by atoms with van der Waals surface area (Å²) in [7, 11) is -4.06. The van der Waals surface area contributed by atoms with Crippen LogP contribution in [0.25, 0.3) is 0 Å². The van der Waals surface area contributed by atoms with Crippen molar-refractivity contribution < 1.29 is 18.0 Å². The Morgan fingerprint density at radius 3 is 2.62 bits per heavy atom. The maximum Gasteiger partial charge on any atom is 0.283 e. The zero-order valence-corrected chi connectivity index (χ0v) is 14.0. The van der Waals surface area contributed by atoms with Gasteiger partial charge in [-0.05, 0) is 12.8 Å². The molecule has 1 aliphatic heterocycles. The number of carbonyl (C=O) groups is 2. The van der Waals surface area contributed by atoms with Gasteiger partial charge in [0.1, 0.15) is 0 Å². The Morgan fingerprint density at radius 2 is 1.96 bits per heavy atom. The molecule has 0 radical (unpaired) electrons. The van der Waals surface area contributed by atoms with Crippen LogP contribution >= 0.6 is 0 Å². The molecule has 0 bridgehead atoms. The maximum atomic E-state index is 12.3. The molecular formula is C15H20N4O4S. The number of aromatic nitrogens is 2. The van der Waals surface area contributed by atoms with Crippen LogP contribution in [0.4, 0.5) is 0 Å². The molecule has 3 rings (SSSR count). The first-order valence-corrected chi connectivity index (χ1v) is 9.58. The predicted octanol–water partition coefficient (Wildman–Crippen LogP) is 0.463. The standard InChI is InChI=1S/C15H20N4O4S/c20-14-8-11(10-19(14)12-4-2-1-3-5-12)15(21)18-24(22,23)13-9-16-6-7-17-13/h6-7,9,11-12H,1-5,8,10H2,(H,18,21). The van der Waals surface area contributed by atoms with Crippen molar-refractivity contribution in [2.24, 2.45) is 5.92 Å². The van der Waals surface area contributed by atoms with Crippen LogP contribution < -0.4 is 4.72 Å². The highest BCUT2D eigenvalue weighted by molar-refractivity contribution is 7.90. The first-order chi connectivity index (χ1) is 11.5. The van der Waals surface area contributed by atoms with E-state index < -0.39 is 21.8 Å².